The van der Waals surface area contributed by atoms with Crippen LogP contribution >= 0.6 is 0 Å². The Bertz CT molecular complexity index is 536. The molecule has 0 bridgehead atoms. The zero-order valence-electron chi connectivity index (χ0n) is 11.7. The second kappa shape index (κ2) is 6.37. The van der Waals surface area contributed by atoms with Crippen molar-refractivity contribution in [3.8, 4) is 5.88 Å². The van der Waals surface area contributed by atoms with Crippen molar-refractivity contribution in [2.45, 2.75) is 38.5 Å². The second-order valence-corrected chi connectivity index (χ2v) is 5.11. The summed E-state index contributed by atoms with van der Waals surface area (Å²) in [6.07, 6.45) is 1.50. The molecule has 22 heavy (non-hydrogen) atoms. The molecule has 122 valence electrons. The average molecular weight is 321 g/mol. The molecule has 0 radical (unpaired) electrons. The summed E-state index contributed by atoms with van der Waals surface area (Å²) >= 11 is 0. The maximum Gasteiger partial charge on any atom is 0.388 e. The Balaban J connectivity index is 1.77. The number of halogens is 4. The third-order valence-electron chi connectivity index (χ3n) is 3.22. The number of alkyl halides is 4. The third-order valence-corrected chi connectivity index (χ3v) is 3.22. The molecule has 5 nitrogen and oxygen atoms in total. The molecule has 2 amide bonds. The third kappa shape index (κ3) is 4.74. The maximum absolute atomic E-state index is 13.0. The van der Waals surface area contributed by atoms with E-state index in [-0.39, 0.29) is 18.8 Å². The van der Waals surface area contributed by atoms with Gasteiger partial charge in [0.05, 0.1) is 0 Å². The molecule has 0 aliphatic heterocycles. The number of amides is 2. The molecular formula is C13H15F4N3O2. The molecule has 1 fully saturated rings. The van der Waals surface area contributed by atoms with Crippen LogP contribution < -0.4 is 15.4 Å². The van der Waals surface area contributed by atoms with Gasteiger partial charge in [0.25, 0.3) is 0 Å². The Hall–Kier alpha value is -2.06. The molecular weight excluding hydrogens is 306 g/mol. The average Bonchev–Trinajstić information content (AvgIpc) is 3.15. The fourth-order valence-electron chi connectivity index (χ4n) is 2.03. The van der Waals surface area contributed by atoms with Crippen molar-refractivity contribution in [1.29, 1.82) is 0 Å². The van der Waals surface area contributed by atoms with E-state index in [2.05, 4.69) is 20.4 Å². The van der Waals surface area contributed by atoms with E-state index in [9.17, 15) is 22.4 Å². The van der Waals surface area contributed by atoms with Crippen molar-refractivity contribution in [3.05, 3.63) is 23.9 Å². The van der Waals surface area contributed by atoms with Crippen LogP contribution in [0.3, 0.4) is 0 Å². The first-order valence-corrected chi connectivity index (χ1v) is 6.57. The highest BCUT2D eigenvalue weighted by molar-refractivity contribution is 5.74. The van der Waals surface area contributed by atoms with E-state index in [1.165, 1.54) is 18.3 Å². The van der Waals surface area contributed by atoms with Gasteiger partial charge in [-0.1, -0.05) is 0 Å². The number of urea groups is 1. The summed E-state index contributed by atoms with van der Waals surface area (Å²) in [5.74, 6) is -3.92. The normalized spacial score (nSPS) is 20.6. The van der Waals surface area contributed by atoms with Gasteiger partial charge in [0.2, 0.25) is 11.8 Å². The van der Waals surface area contributed by atoms with Crippen LogP contribution in [-0.4, -0.2) is 29.6 Å². The number of aromatic nitrogens is 1. The molecule has 1 heterocycles. The minimum absolute atomic E-state index is 0.0356. The van der Waals surface area contributed by atoms with Gasteiger partial charge in [-0.25, -0.2) is 18.6 Å². The predicted octanol–water partition coefficient (Wildman–Crippen LogP) is 2.53. The first-order valence-electron chi connectivity index (χ1n) is 6.57. The summed E-state index contributed by atoms with van der Waals surface area (Å²) in [6, 6.07) is 1.63. The van der Waals surface area contributed by atoms with E-state index in [0.717, 1.165) is 6.92 Å². The van der Waals surface area contributed by atoms with E-state index in [1.54, 1.807) is 0 Å². The van der Waals surface area contributed by atoms with Crippen molar-refractivity contribution in [2.24, 2.45) is 5.92 Å². The van der Waals surface area contributed by atoms with Gasteiger partial charge < -0.3 is 15.4 Å². The number of pyridine rings is 1. The van der Waals surface area contributed by atoms with Crippen molar-refractivity contribution in [2.75, 3.05) is 0 Å². The first kappa shape index (κ1) is 16.3. The summed E-state index contributed by atoms with van der Waals surface area (Å²) in [5, 5.41) is 4.89. The number of ether oxygens (including phenoxy) is 1. The Morgan fingerprint density at radius 2 is 2.27 bits per heavy atom. The number of nitrogens with zero attached hydrogens (tertiary/aromatic N) is 1. The minimum Gasteiger partial charge on any atom is -0.417 e. The first-order chi connectivity index (χ1) is 10.3. The molecule has 0 spiro atoms. The topological polar surface area (TPSA) is 63.2 Å². The van der Waals surface area contributed by atoms with E-state index in [0.29, 0.717) is 5.56 Å². The van der Waals surface area contributed by atoms with Crippen LogP contribution in [0.1, 0.15) is 18.9 Å². The second-order valence-electron chi connectivity index (χ2n) is 5.11. The molecule has 9 heteroatoms. The molecule has 2 N–H and O–H groups in total. The molecule has 0 aromatic carbocycles. The van der Waals surface area contributed by atoms with Crippen LogP contribution in [0.25, 0.3) is 0 Å². The quantitative estimate of drug-likeness (QED) is 0.792. The van der Waals surface area contributed by atoms with Crippen LogP contribution in [0.15, 0.2) is 18.3 Å². The van der Waals surface area contributed by atoms with Gasteiger partial charge in [0.15, 0.2) is 0 Å². The number of carbonyl (C=O) groups excluding carboxylic acids is 1. The van der Waals surface area contributed by atoms with E-state index in [1.807, 2.05) is 0 Å². The zero-order valence-corrected chi connectivity index (χ0v) is 11.7. The molecule has 1 aliphatic carbocycles. The van der Waals surface area contributed by atoms with Crippen LogP contribution in [0, 0.1) is 5.92 Å². The number of hydrogen-bond donors (Lipinski definition) is 2. The number of hydrogen-bond acceptors (Lipinski definition) is 3. The van der Waals surface area contributed by atoms with Crippen molar-refractivity contribution in [1.82, 2.24) is 15.6 Å². The summed E-state index contributed by atoms with van der Waals surface area (Å²) in [5.41, 5.74) is 0.494. The molecule has 1 saturated carbocycles. The SMILES string of the molecule is CC(F)(F)C1CC1NC(=O)NCc1ccnc(OC(F)F)c1. The number of carbonyl (C=O) groups is 1. The monoisotopic (exact) mass is 321 g/mol. The standard InChI is InChI=1S/C13H15F4N3O2/c1-13(16,17)8-5-9(8)20-12(21)19-6-7-2-3-18-10(4-7)22-11(14)15/h2-4,8-9,11H,5-6H2,1H3,(H2,19,20,21). The largest absolute Gasteiger partial charge is 0.417 e. The summed E-state index contributed by atoms with van der Waals surface area (Å²) in [6.45, 7) is -2.13. The summed E-state index contributed by atoms with van der Waals surface area (Å²) in [4.78, 5) is 15.2. The number of nitrogens with one attached hydrogen (secondary N) is 2. The molecule has 1 aromatic rings. The fraction of sp³-hybridized carbons (Fsp3) is 0.538. The Labute approximate surface area is 124 Å². The van der Waals surface area contributed by atoms with E-state index >= 15 is 0 Å². The molecule has 2 unspecified atom stereocenters. The lowest BCUT2D eigenvalue weighted by atomic mass is 10.2. The Kier molecular flexibility index (Phi) is 4.72. The fourth-order valence-corrected chi connectivity index (χ4v) is 2.03. The van der Waals surface area contributed by atoms with Crippen molar-refractivity contribution in [3.63, 3.8) is 0 Å². The van der Waals surface area contributed by atoms with E-state index < -0.39 is 30.5 Å². The summed E-state index contributed by atoms with van der Waals surface area (Å²) < 4.78 is 54.1. The lowest BCUT2D eigenvalue weighted by molar-refractivity contribution is -0.0529. The van der Waals surface area contributed by atoms with Gasteiger partial charge >= 0.3 is 12.6 Å². The van der Waals surface area contributed by atoms with Gasteiger partial charge in [-0.05, 0) is 25.0 Å². The highest BCUT2D eigenvalue weighted by Crippen LogP contribution is 2.43. The summed E-state index contributed by atoms with van der Waals surface area (Å²) in [7, 11) is 0. The lowest BCUT2D eigenvalue weighted by Gasteiger charge is -2.11. The van der Waals surface area contributed by atoms with Gasteiger partial charge in [-0.3, -0.25) is 0 Å². The maximum atomic E-state index is 13.0. The van der Waals surface area contributed by atoms with Crippen molar-refractivity contribution < 1.29 is 27.1 Å². The van der Waals surface area contributed by atoms with Crippen LogP contribution in [0.2, 0.25) is 0 Å². The van der Waals surface area contributed by atoms with E-state index in [4.69, 9.17) is 0 Å². The molecule has 1 aromatic heterocycles. The molecule has 2 atom stereocenters. The van der Waals surface area contributed by atoms with Gasteiger partial charge in [0.1, 0.15) is 0 Å². The Morgan fingerprint density at radius 3 is 2.86 bits per heavy atom. The highest BCUT2D eigenvalue weighted by atomic mass is 19.3. The van der Waals surface area contributed by atoms with Gasteiger partial charge in [-0.15, -0.1) is 0 Å². The highest BCUT2D eigenvalue weighted by Gasteiger charge is 2.52. The molecule has 1 aliphatic rings. The van der Waals surface area contributed by atoms with Crippen molar-refractivity contribution >= 4 is 6.03 Å². The van der Waals surface area contributed by atoms with Crippen LogP contribution in [0.5, 0.6) is 5.88 Å². The smallest absolute Gasteiger partial charge is 0.388 e. The molecule has 2 rings (SSSR count). The van der Waals surface area contributed by atoms with Crippen LogP contribution in [0.4, 0.5) is 22.4 Å². The number of rotatable bonds is 6. The molecule has 0 saturated heterocycles. The zero-order chi connectivity index (χ0) is 16.3. The predicted molar refractivity (Wildman–Crippen MR) is 68.8 cm³/mol. The Morgan fingerprint density at radius 1 is 1.55 bits per heavy atom. The minimum atomic E-state index is -2.98. The van der Waals surface area contributed by atoms with Gasteiger partial charge in [-0.2, -0.15) is 8.78 Å². The van der Waals surface area contributed by atoms with Crippen LogP contribution in [-0.2, 0) is 6.54 Å². The van der Waals surface area contributed by atoms with Gasteiger partial charge in [0, 0.05) is 30.8 Å². The lowest BCUT2D eigenvalue weighted by Crippen LogP contribution is -2.38.